The Kier molecular flexibility index (Phi) is 3.98. The van der Waals surface area contributed by atoms with Gasteiger partial charge in [-0.25, -0.2) is 4.39 Å². The normalized spacial score (nSPS) is 13.6. The van der Waals surface area contributed by atoms with E-state index in [-0.39, 0.29) is 5.56 Å². The summed E-state index contributed by atoms with van der Waals surface area (Å²) in [7, 11) is 0. The van der Waals surface area contributed by atoms with Gasteiger partial charge in [-0.05, 0) is 45.6 Å². The first-order valence-corrected chi connectivity index (χ1v) is 6.83. The maximum Gasteiger partial charge on any atom is 0.416 e. The van der Waals surface area contributed by atoms with Gasteiger partial charge in [-0.1, -0.05) is 0 Å². The number of rotatable bonds is 2. The minimum atomic E-state index is -4.52. The minimum Gasteiger partial charge on any atom is -0.319 e. The Hall–Kier alpha value is -0.920. The lowest BCUT2D eigenvalue weighted by Crippen LogP contribution is -2.15. The average molecular weight is 354 g/mol. The lowest BCUT2D eigenvalue weighted by Gasteiger charge is -2.15. The average Bonchev–Trinajstić information content (AvgIpc) is 2.73. The van der Waals surface area contributed by atoms with Gasteiger partial charge in [-0.3, -0.25) is 0 Å². The molecule has 1 aromatic heterocycles. The molecule has 1 nitrogen and oxygen atoms in total. The van der Waals surface area contributed by atoms with Crippen LogP contribution >= 0.6 is 27.3 Å². The fourth-order valence-electron chi connectivity index (χ4n) is 1.63. The second-order valence-corrected chi connectivity index (χ2v) is 5.65. The summed E-state index contributed by atoms with van der Waals surface area (Å²) >= 11 is 4.49. The van der Waals surface area contributed by atoms with Crippen molar-refractivity contribution in [2.24, 2.45) is 5.73 Å². The summed E-state index contributed by atoms with van der Waals surface area (Å²) in [4.78, 5) is 0.582. The fourth-order valence-corrected chi connectivity index (χ4v) is 3.27. The minimum absolute atomic E-state index is 0.169. The van der Waals surface area contributed by atoms with Crippen molar-refractivity contribution in [1.82, 2.24) is 0 Å². The van der Waals surface area contributed by atoms with E-state index in [4.69, 9.17) is 5.73 Å². The molecule has 19 heavy (non-hydrogen) atoms. The molecular formula is C12H8BrF4NS. The molecule has 2 N–H and O–H groups in total. The summed E-state index contributed by atoms with van der Waals surface area (Å²) in [6.07, 6.45) is -4.52. The Balaban J connectivity index is 2.47. The molecule has 1 heterocycles. The number of halogens is 5. The van der Waals surface area contributed by atoms with Crippen LogP contribution in [0.25, 0.3) is 0 Å². The van der Waals surface area contributed by atoms with E-state index in [0.29, 0.717) is 15.4 Å². The van der Waals surface area contributed by atoms with Crippen LogP contribution in [0.15, 0.2) is 34.1 Å². The largest absolute Gasteiger partial charge is 0.416 e. The van der Waals surface area contributed by atoms with Crippen LogP contribution in [-0.4, -0.2) is 0 Å². The molecule has 1 unspecified atom stereocenters. The van der Waals surface area contributed by atoms with E-state index in [1.54, 1.807) is 11.4 Å². The first-order valence-electron chi connectivity index (χ1n) is 5.16. The van der Waals surface area contributed by atoms with Crippen LogP contribution in [0.5, 0.6) is 0 Å². The molecule has 0 fully saturated rings. The van der Waals surface area contributed by atoms with Gasteiger partial charge in [0.15, 0.2) is 0 Å². The number of hydrogen-bond acceptors (Lipinski definition) is 2. The molecule has 2 rings (SSSR count). The van der Waals surface area contributed by atoms with E-state index >= 15 is 0 Å². The van der Waals surface area contributed by atoms with E-state index in [2.05, 4.69) is 15.9 Å². The first kappa shape index (κ1) is 14.5. The second-order valence-electron chi connectivity index (χ2n) is 3.84. The molecule has 0 bridgehead atoms. The SMILES string of the molecule is NC(c1cc(C(F)(F)F)ccc1F)c1sccc1Br. The molecule has 0 spiro atoms. The predicted octanol–water partition coefficient (Wildman–Crippen LogP) is 4.72. The topological polar surface area (TPSA) is 26.0 Å². The van der Waals surface area contributed by atoms with Crippen LogP contribution in [0.3, 0.4) is 0 Å². The van der Waals surface area contributed by atoms with Crippen molar-refractivity contribution in [3.63, 3.8) is 0 Å². The third-order valence-corrected chi connectivity index (χ3v) is 4.54. The molecule has 1 aromatic carbocycles. The second kappa shape index (κ2) is 5.22. The lowest BCUT2D eigenvalue weighted by molar-refractivity contribution is -0.137. The Morgan fingerprint density at radius 3 is 2.42 bits per heavy atom. The van der Waals surface area contributed by atoms with Gasteiger partial charge >= 0.3 is 6.18 Å². The Morgan fingerprint density at radius 2 is 1.89 bits per heavy atom. The third kappa shape index (κ3) is 2.98. The van der Waals surface area contributed by atoms with Gasteiger partial charge in [0.1, 0.15) is 5.82 Å². The number of hydrogen-bond donors (Lipinski definition) is 1. The number of nitrogens with two attached hydrogens (primary N) is 1. The smallest absolute Gasteiger partial charge is 0.319 e. The Morgan fingerprint density at radius 1 is 1.21 bits per heavy atom. The summed E-state index contributed by atoms with van der Waals surface area (Å²) in [5, 5.41) is 1.73. The fraction of sp³-hybridized carbons (Fsp3) is 0.167. The summed E-state index contributed by atoms with van der Waals surface area (Å²) in [6, 6.07) is 3.03. The summed E-state index contributed by atoms with van der Waals surface area (Å²) < 4.78 is 52.2. The van der Waals surface area contributed by atoms with Gasteiger partial charge in [-0.2, -0.15) is 13.2 Å². The molecule has 102 valence electrons. The van der Waals surface area contributed by atoms with Crippen molar-refractivity contribution < 1.29 is 17.6 Å². The van der Waals surface area contributed by atoms with Gasteiger partial charge in [0.05, 0.1) is 11.6 Å². The maximum absolute atomic E-state index is 13.7. The lowest BCUT2D eigenvalue weighted by atomic mass is 10.0. The van der Waals surface area contributed by atoms with Gasteiger partial charge in [0.25, 0.3) is 0 Å². The third-order valence-electron chi connectivity index (χ3n) is 2.59. The quantitative estimate of drug-likeness (QED) is 0.777. The molecule has 0 aliphatic heterocycles. The van der Waals surface area contributed by atoms with Crippen molar-refractivity contribution in [2.75, 3.05) is 0 Å². The summed E-state index contributed by atoms with van der Waals surface area (Å²) in [6.45, 7) is 0. The zero-order valence-corrected chi connectivity index (χ0v) is 11.7. The number of thiophene rings is 1. The molecule has 2 aromatic rings. The number of benzene rings is 1. The van der Waals surface area contributed by atoms with Crippen molar-refractivity contribution in [3.8, 4) is 0 Å². The summed E-state index contributed by atoms with van der Waals surface area (Å²) in [5.74, 6) is -0.749. The molecule has 0 radical (unpaired) electrons. The van der Waals surface area contributed by atoms with Crippen molar-refractivity contribution in [1.29, 1.82) is 0 Å². The Labute approximate surface area is 119 Å². The monoisotopic (exact) mass is 353 g/mol. The zero-order valence-electron chi connectivity index (χ0n) is 9.34. The van der Waals surface area contributed by atoms with Gasteiger partial charge in [-0.15, -0.1) is 11.3 Å². The highest BCUT2D eigenvalue weighted by Crippen LogP contribution is 2.36. The molecule has 7 heteroatoms. The highest BCUT2D eigenvalue weighted by Gasteiger charge is 2.32. The molecule has 1 atom stereocenters. The molecule has 0 saturated carbocycles. The molecule has 0 aliphatic carbocycles. The van der Waals surface area contributed by atoms with Crippen LogP contribution in [0.4, 0.5) is 17.6 Å². The standard InChI is InChI=1S/C12H8BrF4NS/c13-8-3-4-19-11(8)10(18)7-5-6(12(15,16)17)1-2-9(7)14/h1-5,10H,18H2. The molecule has 0 aliphatic rings. The van der Waals surface area contributed by atoms with E-state index in [0.717, 1.165) is 12.1 Å². The van der Waals surface area contributed by atoms with E-state index in [9.17, 15) is 17.6 Å². The van der Waals surface area contributed by atoms with Gasteiger partial charge in [0.2, 0.25) is 0 Å². The predicted molar refractivity (Wildman–Crippen MR) is 69.5 cm³/mol. The Bertz CT molecular complexity index is 594. The van der Waals surface area contributed by atoms with Crippen molar-refractivity contribution in [2.45, 2.75) is 12.2 Å². The van der Waals surface area contributed by atoms with Crippen LogP contribution in [0, 0.1) is 5.82 Å². The van der Waals surface area contributed by atoms with Gasteiger partial charge in [0, 0.05) is 14.9 Å². The van der Waals surface area contributed by atoms with Crippen LogP contribution < -0.4 is 5.73 Å². The summed E-state index contributed by atoms with van der Waals surface area (Å²) in [5.41, 5.74) is 4.77. The highest BCUT2D eigenvalue weighted by molar-refractivity contribution is 9.10. The zero-order chi connectivity index (χ0) is 14.2. The van der Waals surface area contributed by atoms with Gasteiger partial charge < -0.3 is 5.73 Å². The molecule has 0 saturated heterocycles. The van der Waals surface area contributed by atoms with Crippen molar-refractivity contribution >= 4 is 27.3 Å². The van der Waals surface area contributed by atoms with E-state index in [1.165, 1.54) is 11.3 Å². The van der Waals surface area contributed by atoms with Crippen molar-refractivity contribution in [3.05, 3.63) is 55.9 Å². The maximum atomic E-state index is 13.7. The molecular weight excluding hydrogens is 346 g/mol. The molecule has 0 amide bonds. The van der Waals surface area contributed by atoms with Crippen LogP contribution in [0.1, 0.15) is 22.0 Å². The van der Waals surface area contributed by atoms with E-state index in [1.807, 2.05) is 0 Å². The number of alkyl halides is 3. The van der Waals surface area contributed by atoms with E-state index < -0.39 is 23.6 Å². The first-order chi connectivity index (χ1) is 8.80. The highest BCUT2D eigenvalue weighted by atomic mass is 79.9. The van der Waals surface area contributed by atoms with Crippen LogP contribution in [-0.2, 0) is 6.18 Å². The van der Waals surface area contributed by atoms with Crippen LogP contribution in [0.2, 0.25) is 0 Å².